The Morgan fingerprint density at radius 3 is 2.17 bits per heavy atom. The Bertz CT molecular complexity index is 552. The van der Waals surface area contributed by atoms with E-state index in [1.165, 1.54) is 0 Å². The summed E-state index contributed by atoms with van der Waals surface area (Å²) in [6.07, 6.45) is 0. The molecule has 0 saturated carbocycles. The van der Waals surface area contributed by atoms with Gasteiger partial charge in [-0.15, -0.1) is 0 Å². The van der Waals surface area contributed by atoms with Crippen molar-refractivity contribution in [3.63, 3.8) is 0 Å². The van der Waals surface area contributed by atoms with Crippen molar-refractivity contribution in [2.75, 3.05) is 20.0 Å². The topological polar surface area (TPSA) is 44.5 Å². The van der Waals surface area contributed by atoms with Gasteiger partial charge in [-0.2, -0.15) is 0 Å². The molecule has 0 unspecified atom stereocenters. The first-order chi connectivity index (χ1) is 8.67. The number of hydrogen-bond acceptors (Lipinski definition) is 3. The van der Waals surface area contributed by atoms with Crippen molar-refractivity contribution >= 4 is 28.3 Å². The Morgan fingerprint density at radius 1 is 0.944 bits per heavy atom. The lowest BCUT2D eigenvalue weighted by molar-refractivity contribution is 0.414. The highest BCUT2D eigenvalue weighted by molar-refractivity contribution is 14.1. The van der Waals surface area contributed by atoms with Crippen molar-refractivity contribution in [3.8, 4) is 22.6 Å². The minimum atomic E-state index is 0.736. The first-order valence-electron chi connectivity index (χ1n) is 5.43. The molecular formula is C14H14INO2. The summed E-state index contributed by atoms with van der Waals surface area (Å²) in [5, 5.41) is 0. The number of ether oxygens (including phenoxy) is 2. The highest BCUT2D eigenvalue weighted by Crippen LogP contribution is 2.38. The fourth-order valence-corrected chi connectivity index (χ4v) is 2.25. The van der Waals surface area contributed by atoms with Gasteiger partial charge in [0.15, 0.2) is 0 Å². The van der Waals surface area contributed by atoms with Crippen molar-refractivity contribution in [2.24, 2.45) is 0 Å². The summed E-state index contributed by atoms with van der Waals surface area (Å²) in [7, 11) is 3.30. The fourth-order valence-electron chi connectivity index (χ4n) is 1.80. The van der Waals surface area contributed by atoms with E-state index in [0.29, 0.717) is 0 Å². The largest absolute Gasteiger partial charge is 0.497 e. The van der Waals surface area contributed by atoms with Gasteiger partial charge in [-0.1, -0.05) is 12.1 Å². The zero-order valence-electron chi connectivity index (χ0n) is 10.2. The molecule has 2 rings (SSSR count). The zero-order valence-corrected chi connectivity index (χ0v) is 12.4. The van der Waals surface area contributed by atoms with Crippen molar-refractivity contribution < 1.29 is 9.47 Å². The van der Waals surface area contributed by atoms with E-state index in [4.69, 9.17) is 15.2 Å². The molecule has 2 aromatic rings. The molecule has 0 atom stereocenters. The molecule has 18 heavy (non-hydrogen) atoms. The average Bonchev–Trinajstić information content (AvgIpc) is 2.42. The van der Waals surface area contributed by atoms with Gasteiger partial charge in [-0.05, 0) is 52.4 Å². The maximum Gasteiger partial charge on any atom is 0.128 e. The number of halogens is 1. The van der Waals surface area contributed by atoms with E-state index in [1.54, 1.807) is 14.2 Å². The van der Waals surface area contributed by atoms with Crippen molar-refractivity contribution in [3.05, 3.63) is 40.0 Å². The highest BCUT2D eigenvalue weighted by Gasteiger charge is 2.12. The molecule has 0 bridgehead atoms. The number of rotatable bonds is 3. The molecule has 0 saturated heterocycles. The van der Waals surface area contributed by atoms with E-state index in [9.17, 15) is 0 Å². The number of hydrogen-bond donors (Lipinski definition) is 1. The second-order valence-corrected chi connectivity index (χ2v) is 4.93. The van der Waals surface area contributed by atoms with Crippen LogP contribution in [0.1, 0.15) is 0 Å². The minimum absolute atomic E-state index is 0.736. The standard InChI is InChI=1S/C14H14INO2/c1-17-10-5-3-9(4-6-10)13-12(18-2)8-7-11(15)14(13)16/h3-8H,16H2,1-2H3. The molecule has 0 aliphatic heterocycles. The zero-order chi connectivity index (χ0) is 13.1. The lowest BCUT2D eigenvalue weighted by Crippen LogP contribution is -1.97. The lowest BCUT2D eigenvalue weighted by atomic mass is 10.0. The predicted molar refractivity (Wildman–Crippen MR) is 82.1 cm³/mol. The van der Waals surface area contributed by atoms with Crippen LogP contribution in [0.2, 0.25) is 0 Å². The molecule has 0 aromatic heterocycles. The highest BCUT2D eigenvalue weighted by atomic mass is 127. The number of anilines is 1. The van der Waals surface area contributed by atoms with E-state index in [2.05, 4.69) is 22.6 Å². The first-order valence-corrected chi connectivity index (χ1v) is 6.51. The van der Waals surface area contributed by atoms with Gasteiger partial charge in [0, 0.05) is 9.13 Å². The van der Waals surface area contributed by atoms with Crippen LogP contribution in [0.15, 0.2) is 36.4 Å². The Morgan fingerprint density at radius 2 is 1.61 bits per heavy atom. The van der Waals surface area contributed by atoms with Crippen LogP contribution in [0.25, 0.3) is 11.1 Å². The summed E-state index contributed by atoms with van der Waals surface area (Å²) in [6, 6.07) is 11.6. The molecule has 3 nitrogen and oxygen atoms in total. The van der Waals surface area contributed by atoms with E-state index in [-0.39, 0.29) is 0 Å². The van der Waals surface area contributed by atoms with Crippen molar-refractivity contribution in [1.29, 1.82) is 0 Å². The van der Waals surface area contributed by atoms with Crippen LogP contribution in [-0.2, 0) is 0 Å². The maximum atomic E-state index is 6.14. The Kier molecular flexibility index (Phi) is 3.96. The molecule has 0 radical (unpaired) electrons. The third-order valence-electron chi connectivity index (χ3n) is 2.75. The summed E-state index contributed by atoms with van der Waals surface area (Å²) in [4.78, 5) is 0. The smallest absolute Gasteiger partial charge is 0.128 e. The Balaban J connectivity index is 2.57. The monoisotopic (exact) mass is 355 g/mol. The van der Waals surface area contributed by atoms with Crippen molar-refractivity contribution in [1.82, 2.24) is 0 Å². The van der Waals surface area contributed by atoms with Crippen LogP contribution in [0, 0.1) is 3.57 Å². The van der Waals surface area contributed by atoms with E-state index < -0.39 is 0 Å². The number of nitrogen functional groups attached to an aromatic ring is 1. The molecule has 0 heterocycles. The molecule has 94 valence electrons. The quantitative estimate of drug-likeness (QED) is 0.677. The minimum Gasteiger partial charge on any atom is -0.497 e. The van der Waals surface area contributed by atoms with Gasteiger partial charge in [-0.25, -0.2) is 0 Å². The van der Waals surface area contributed by atoms with Crippen LogP contribution in [0.3, 0.4) is 0 Å². The van der Waals surface area contributed by atoms with Crippen LogP contribution in [0.4, 0.5) is 5.69 Å². The molecule has 2 N–H and O–H groups in total. The molecule has 0 amide bonds. The first kappa shape index (κ1) is 13.0. The molecule has 0 aliphatic carbocycles. The van der Waals surface area contributed by atoms with Gasteiger partial charge < -0.3 is 15.2 Å². The molecule has 0 fully saturated rings. The fraction of sp³-hybridized carbons (Fsp3) is 0.143. The van der Waals surface area contributed by atoms with Crippen LogP contribution in [-0.4, -0.2) is 14.2 Å². The molecule has 0 aliphatic rings. The third kappa shape index (κ3) is 2.38. The normalized spacial score (nSPS) is 10.2. The molecule has 4 heteroatoms. The van der Waals surface area contributed by atoms with Gasteiger partial charge in [0.25, 0.3) is 0 Å². The second kappa shape index (κ2) is 5.48. The van der Waals surface area contributed by atoms with Crippen LogP contribution < -0.4 is 15.2 Å². The molecule has 0 spiro atoms. The molecule has 2 aromatic carbocycles. The Hall–Kier alpha value is -1.43. The number of nitrogens with two attached hydrogens (primary N) is 1. The lowest BCUT2D eigenvalue weighted by Gasteiger charge is -2.13. The second-order valence-electron chi connectivity index (χ2n) is 3.77. The molecular weight excluding hydrogens is 341 g/mol. The summed E-state index contributed by atoms with van der Waals surface area (Å²) >= 11 is 2.22. The van der Waals surface area contributed by atoms with Crippen LogP contribution in [0.5, 0.6) is 11.5 Å². The van der Waals surface area contributed by atoms with Crippen LogP contribution >= 0.6 is 22.6 Å². The van der Waals surface area contributed by atoms with E-state index in [1.807, 2.05) is 36.4 Å². The van der Waals surface area contributed by atoms with Gasteiger partial charge in [0.1, 0.15) is 11.5 Å². The Labute approximate surface area is 120 Å². The summed E-state index contributed by atoms with van der Waals surface area (Å²) in [6.45, 7) is 0. The van der Waals surface area contributed by atoms with Gasteiger partial charge in [0.2, 0.25) is 0 Å². The predicted octanol–water partition coefficient (Wildman–Crippen LogP) is 3.56. The van der Waals surface area contributed by atoms with Gasteiger partial charge in [-0.3, -0.25) is 0 Å². The number of methoxy groups -OCH3 is 2. The maximum absolute atomic E-state index is 6.14. The third-order valence-corrected chi connectivity index (χ3v) is 3.69. The van der Waals surface area contributed by atoms with E-state index >= 15 is 0 Å². The van der Waals surface area contributed by atoms with Gasteiger partial charge in [0.05, 0.1) is 19.9 Å². The number of benzene rings is 2. The summed E-state index contributed by atoms with van der Waals surface area (Å²) in [5.74, 6) is 1.60. The SMILES string of the molecule is COc1ccc(-c2c(OC)ccc(I)c2N)cc1. The summed E-state index contributed by atoms with van der Waals surface area (Å²) in [5.41, 5.74) is 8.82. The average molecular weight is 355 g/mol. The van der Waals surface area contributed by atoms with Gasteiger partial charge >= 0.3 is 0 Å². The summed E-state index contributed by atoms with van der Waals surface area (Å²) < 4.78 is 11.5. The van der Waals surface area contributed by atoms with E-state index in [0.717, 1.165) is 31.9 Å². The van der Waals surface area contributed by atoms with Crippen molar-refractivity contribution in [2.45, 2.75) is 0 Å².